The average molecular weight is 450 g/mol. The molecule has 0 bridgehead atoms. The van der Waals surface area contributed by atoms with Crippen LogP contribution < -0.4 is 10.6 Å². The van der Waals surface area contributed by atoms with Crippen molar-refractivity contribution in [1.82, 2.24) is 4.98 Å². The molecule has 170 valence electrons. The lowest BCUT2D eigenvalue weighted by atomic mass is 9.88. The molecule has 1 saturated carbocycles. The summed E-state index contributed by atoms with van der Waals surface area (Å²) < 4.78 is 41.9. The second kappa shape index (κ2) is 7.73. The van der Waals surface area contributed by atoms with Crippen LogP contribution >= 0.6 is 0 Å². The van der Waals surface area contributed by atoms with Crippen molar-refractivity contribution in [2.75, 3.05) is 24.6 Å². The Balaban J connectivity index is 1.46. The number of rotatable bonds is 6. The van der Waals surface area contributed by atoms with Crippen molar-refractivity contribution < 1.29 is 28.0 Å². The van der Waals surface area contributed by atoms with Gasteiger partial charge in [0.1, 0.15) is 11.2 Å². The van der Waals surface area contributed by atoms with E-state index in [4.69, 9.17) is 5.73 Å². The van der Waals surface area contributed by atoms with E-state index in [-0.39, 0.29) is 23.0 Å². The van der Waals surface area contributed by atoms with Gasteiger partial charge in [-0.2, -0.15) is 0 Å². The van der Waals surface area contributed by atoms with Gasteiger partial charge in [0.2, 0.25) is 11.7 Å². The number of primary amides is 1. The lowest BCUT2D eigenvalue weighted by molar-refractivity contribution is -0.384. The highest BCUT2D eigenvalue weighted by Gasteiger charge is 2.84. The van der Waals surface area contributed by atoms with E-state index >= 15 is 0 Å². The lowest BCUT2D eigenvalue weighted by Gasteiger charge is -2.32. The molecule has 1 aromatic carbocycles. The van der Waals surface area contributed by atoms with Crippen LogP contribution in [-0.2, 0) is 4.79 Å². The number of hydrogen-bond acceptors (Lipinski definition) is 6. The number of anilines is 1. The summed E-state index contributed by atoms with van der Waals surface area (Å²) in [7, 11) is 0. The molecule has 3 N–H and O–H groups in total. The maximum atomic E-state index is 14.3. The third-order valence-corrected chi connectivity index (χ3v) is 6.60. The summed E-state index contributed by atoms with van der Waals surface area (Å²) in [5, 5.41) is 20.6. The Morgan fingerprint density at radius 2 is 1.84 bits per heavy atom. The van der Waals surface area contributed by atoms with Crippen LogP contribution in [0.15, 0.2) is 36.5 Å². The summed E-state index contributed by atoms with van der Waals surface area (Å²) in [4.78, 5) is 27.8. The predicted molar refractivity (Wildman–Crippen MR) is 108 cm³/mol. The summed E-state index contributed by atoms with van der Waals surface area (Å²) in [6.07, 6.45) is 2.22. The summed E-state index contributed by atoms with van der Waals surface area (Å²) in [5.74, 6) is -6.66. The Kier molecular flexibility index (Phi) is 5.32. The van der Waals surface area contributed by atoms with Crippen LogP contribution in [0.25, 0.3) is 0 Å². The number of benzene rings is 1. The molecule has 1 saturated heterocycles. The molecule has 1 amide bonds. The van der Waals surface area contributed by atoms with E-state index in [1.807, 2.05) is 0 Å². The number of piperidine rings is 1. The molecule has 2 aromatic rings. The zero-order chi connectivity index (χ0) is 23.3. The molecule has 4 rings (SSSR count). The number of aromatic nitrogens is 1. The van der Waals surface area contributed by atoms with Crippen LogP contribution in [0.4, 0.5) is 24.7 Å². The number of pyridine rings is 1. The first-order chi connectivity index (χ1) is 15.1. The molecule has 2 aliphatic rings. The highest BCUT2D eigenvalue weighted by molar-refractivity contribution is 5.88. The molecule has 1 aliphatic carbocycles. The standard InChI is InChI=1S/C21H21F3N4O4/c22-15-9-16(28(31)32)18(26-10-15)27-7-5-13(6-8-27)12-1-3-14(4-2-12)17-20(11-29,19(25)30)21(17,23)24/h1-4,9-10,13,17,29H,5-8,11H2,(H2,25,30). The largest absolute Gasteiger partial charge is 0.395 e. The van der Waals surface area contributed by atoms with Crippen molar-refractivity contribution in [3.63, 3.8) is 0 Å². The van der Waals surface area contributed by atoms with Crippen molar-refractivity contribution in [2.24, 2.45) is 11.1 Å². The number of aliphatic hydroxyl groups excluding tert-OH is 1. The van der Waals surface area contributed by atoms with Crippen LogP contribution in [0.2, 0.25) is 0 Å². The van der Waals surface area contributed by atoms with Gasteiger partial charge < -0.3 is 15.7 Å². The fourth-order valence-electron chi connectivity index (χ4n) is 4.72. The van der Waals surface area contributed by atoms with Crippen LogP contribution in [0.1, 0.15) is 35.8 Å². The maximum Gasteiger partial charge on any atom is 0.314 e. The van der Waals surface area contributed by atoms with E-state index in [1.165, 1.54) is 12.1 Å². The van der Waals surface area contributed by atoms with E-state index < -0.39 is 40.5 Å². The number of amides is 1. The van der Waals surface area contributed by atoms with Crippen molar-refractivity contribution in [3.8, 4) is 0 Å². The average Bonchev–Trinajstić information content (AvgIpc) is 3.30. The van der Waals surface area contributed by atoms with E-state index in [0.717, 1.165) is 17.8 Å². The van der Waals surface area contributed by atoms with Crippen LogP contribution in [0.5, 0.6) is 0 Å². The molecule has 0 spiro atoms. The van der Waals surface area contributed by atoms with E-state index in [1.54, 1.807) is 17.0 Å². The first-order valence-electron chi connectivity index (χ1n) is 10.1. The number of alkyl halides is 2. The highest BCUT2D eigenvalue weighted by Crippen LogP contribution is 2.70. The predicted octanol–water partition coefficient (Wildman–Crippen LogP) is 2.71. The van der Waals surface area contributed by atoms with Crippen molar-refractivity contribution >= 4 is 17.4 Å². The molecule has 2 heterocycles. The first-order valence-corrected chi connectivity index (χ1v) is 10.1. The number of aliphatic hydroxyl groups is 1. The van der Waals surface area contributed by atoms with E-state index in [2.05, 4.69) is 4.98 Å². The molecular formula is C21H21F3N4O4. The molecule has 2 unspecified atom stereocenters. The van der Waals surface area contributed by atoms with Gasteiger partial charge in [-0.25, -0.2) is 18.2 Å². The van der Waals surface area contributed by atoms with Gasteiger partial charge in [0.15, 0.2) is 0 Å². The fraction of sp³-hybridized carbons (Fsp3) is 0.429. The number of nitrogens with two attached hydrogens (primary N) is 1. The van der Waals surface area contributed by atoms with Crippen molar-refractivity contribution in [1.29, 1.82) is 0 Å². The van der Waals surface area contributed by atoms with Gasteiger partial charge in [0, 0.05) is 13.1 Å². The monoisotopic (exact) mass is 450 g/mol. The topological polar surface area (TPSA) is 123 Å². The molecule has 2 fully saturated rings. The van der Waals surface area contributed by atoms with E-state index in [0.29, 0.717) is 25.9 Å². The lowest BCUT2D eigenvalue weighted by Crippen LogP contribution is -2.34. The SMILES string of the molecule is NC(=O)C1(CO)C(c2ccc(C3CCN(c4ncc(F)cc4[N+](=O)[O-])CC3)cc2)C1(F)F. The van der Waals surface area contributed by atoms with Gasteiger partial charge >= 0.3 is 5.69 Å². The van der Waals surface area contributed by atoms with Gasteiger partial charge in [-0.05, 0) is 29.9 Å². The number of carbonyl (C=O) groups excluding carboxylic acids is 1. The Labute approximate surface area is 181 Å². The van der Waals surface area contributed by atoms with Crippen molar-refractivity contribution in [3.05, 3.63) is 63.6 Å². The third kappa shape index (κ3) is 3.27. The number of halogens is 3. The van der Waals surface area contributed by atoms with Crippen LogP contribution in [-0.4, -0.2) is 46.5 Å². The Hall–Kier alpha value is -3.21. The summed E-state index contributed by atoms with van der Waals surface area (Å²) in [5.41, 5.74) is 3.63. The normalized spacial score (nSPS) is 24.9. The van der Waals surface area contributed by atoms with Crippen molar-refractivity contribution in [2.45, 2.75) is 30.6 Å². The molecule has 11 heteroatoms. The van der Waals surface area contributed by atoms with Crippen LogP contribution in [0.3, 0.4) is 0 Å². The fourth-order valence-corrected chi connectivity index (χ4v) is 4.72. The Morgan fingerprint density at radius 1 is 1.25 bits per heavy atom. The summed E-state index contributed by atoms with van der Waals surface area (Å²) >= 11 is 0. The maximum absolute atomic E-state index is 14.3. The molecule has 0 radical (unpaired) electrons. The number of nitrogens with zero attached hydrogens (tertiary/aromatic N) is 3. The Bertz CT molecular complexity index is 1060. The zero-order valence-electron chi connectivity index (χ0n) is 16.9. The Morgan fingerprint density at radius 3 is 2.34 bits per heavy atom. The molecule has 32 heavy (non-hydrogen) atoms. The smallest absolute Gasteiger partial charge is 0.314 e. The summed E-state index contributed by atoms with van der Waals surface area (Å²) in [6, 6.07) is 7.32. The number of hydrogen-bond donors (Lipinski definition) is 2. The van der Waals surface area contributed by atoms with Gasteiger partial charge in [-0.1, -0.05) is 24.3 Å². The highest BCUT2D eigenvalue weighted by atomic mass is 19.3. The van der Waals surface area contributed by atoms with Gasteiger partial charge in [-0.3, -0.25) is 14.9 Å². The molecule has 8 nitrogen and oxygen atoms in total. The quantitative estimate of drug-likeness (QED) is 0.515. The molecule has 1 aromatic heterocycles. The van der Waals surface area contributed by atoms with E-state index in [9.17, 15) is 33.2 Å². The van der Waals surface area contributed by atoms with Crippen LogP contribution in [0, 0.1) is 21.3 Å². The third-order valence-electron chi connectivity index (χ3n) is 6.60. The summed E-state index contributed by atoms with van der Waals surface area (Å²) in [6.45, 7) is -0.104. The second-order valence-corrected chi connectivity index (χ2v) is 8.23. The molecule has 2 atom stereocenters. The minimum absolute atomic E-state index is 0.0956. The van der Waals surface area contributed by atoms with Gasteiger partial charge in [0.05, 0.1) is 29.7 Å². The zero-order valence-corrected chi connectivity index (χ0v) is 16.9. The molecule has 1 aliphatic heterocycles. The van der Waals surface area contributed by atoms with Gasteiger partial charge in [0.25, 0.3) is 5.92 Å². The number of nitro groups is 1. The minimum Gasteiger partial charge on any atom is -0.395 e. The second-order valence-electron chi connectivity index (χ2n) is 8.23. The molecular weight excluding hydrogens is 429 g/mol. The first kappa shape index (κ1) is 22.0. The van der Waals surface area contributed by atoms with Gasteiger partial charge in [-0.15, -0.1) is 0 Å². The minimum atomic E-state index is -3.41. The number of carbonyl (C=O) groups is 1.